The molecule has 0 saturated carbocycles. The number of piperidine rings is 1. The normalized spacial score (nSPS) is 21.6. The van der Waals surface area contributed by atoms with Gasteiger partial charge in [-0.25, -0.2) is 0 Å². The molecule has 1 rings (SSSR count). The van der Waals surface area contributed by atoms with Crippen molar-refractivity contribution in [3.8, 4) is 0 Å². The molecule has 0 amide bonds. The molecule has 0 radical (unpaired) electrons. The van der Waals surface area contributed by atoms with Gasteiger partial charge in [-0.1, -0.05) is 13.8 Å². The second-order valence-corrected chi connectivity index (χ2v) is 7.14. The Morgan fingerprint density at radius 1 is 1.35 bits per heavy atom. The van der Waals surface area contributed by atoms with E-state index < -0.39 is 0 Å². The lowest BCUT2D eigenvalue weighted by atomic mass is 9.95. The van der Waals surface area contributed by atoms with Gasteiger partial charge in [0.1, 0.15) is 0 Å². The summed E-state index contributed by atoms with van der Waals surface area (Å²) in [5.74, 6) is 0. The molecule has 1 saturated heterocycles. The van der Waals surface area contributed by atoms with Gasteiger partial charge in [0.25, 0.3) is 0 Å². The lowest BCUT2D eigenvalue weighted by Gasteiger charge is -2.36. The summed E-state index contributed by atoms with van der Waals surface area (Å²) < 4.78 is 0. The van der Waals surface area contributed by atoms with Crippen molar-refractivity contribution in [1.82, 2.24) is 15.1 Å². The Hall–Kier alpha value is -0.160. The van der Waals surface area contributed by atoms with Gasteiger partial charge in [-0.15, -0.1) is 0 Å². The summed E-state index contributed by atoms with van der Waals surface area (Å²) in [5.41, 5.74) is -0.137. The van der Waals surface area contributed by atoms with Gasteiger partial charge in [0, 0.05) is 17.6 Å². The van der Waals surface area contributed by atoms with Crippen molar-refractivity contribution in [2.24, 2.45) is 0 Å². The van der Waals surface area contributed by atoms with Crippen molar-refractivity contribution in [1.29, 1.82) is 0 Å². The lowest BCUT2D eigenvalue weighted by Crippen LogP contribution is -2.49. The van der Waals surface area contributed by atoms with Gasteiger partial charge in [-0.05, 0) is 66.3 Å². The maximum absolute atomic E-state index is 9.60. The number of aliphatic hydroxyl groups excluding tert-OH is 1. The zero-order valence-electron chi connectivity index (χ0n) is 14.2. The van der Waals surface area contributed by atoms with Crippen LogP contribution in [0.15, 0.2) is 0 Å². The molecule has 0 spiro atoms. The SMILES string of the molecule is CC(C)NC(C)(CO)CCCN(C)C1CCN(C)CC1. The molecule has 0 aromatic rings. The van der Waals surface area contributed by atoms with Crippen molar-refractivity contribution in [2.45, 2.75) is 64.1 Å². The second kappa shape index (κ2) is 8.32. The van der Waals surface area contributed by atoms with Crippen LogP contribution in [0.2, 0.25) is 0 Å². The van der Waals surface area contributed by atoms with Crippen LogP contribution in [0.1, 0.15) is 46.5 Å². The largest absolute Gasteiger partial charge is 0.394 e. The van der Waals surface area contributed by atoms with Crippen LogP contribution in [-0.4, -0.2) is 72.9 Å². The average molecular weight is 285 g/mol. The fourth-order valence-corrected chi connectivity index (χ4v) is 3.23. The molecular weight excluding hydrogens is 250 g/mol. The van der Waals surface area contributed by atoms with Gasteiger partial charge in [-0.2, -0.15) is 0 Å². The predicted octanol–water partition coefficient (Wildman–Crippen LogP) is 1.54. The smallest absolute Gasteiger partial charge is 0.0610 e. The molecule has 1 fully saturated rings. The first-order valence-electron chi connectivity index (χ1n) is 8.13. The molecule has 20 heavy (non-hydrogen) atoms. The van der Waals surface area contributed by atoms with Gasteiger partial charge >= 0.3 is 0 Å². The summed E-state index contributed by atoms with van der Waals surface area (Å²) in [5, 5.41) is 13.1. The van der Waals surface area contributed by atoms with Crippen LogP contribution >= 0.6 is 0 Å². The summed E-state index contributed by atoms with van der Waals surface area (Å²) in [4.78, 5) is 4.93. The highest BCUT2D eigenvalue weighted by atomic mass is 16.3. The quantitative estimate of drug-likeness (QED) is 0.710. The molecule has 0 aromatic heterocycles. The third kappa shape index (κ3) is 6.08. The summed E-state index contributed by atoms with van der Waals surface area (Å²) in [6, 6.07) is 1.16. The highest BCUT2D eigenvalue weighted by Crippen LogP contribution is 2.17. The summed E-state index contributed by atoms with van der Waals surface area (Å²) in [7, 11) is 4.46. The first kappa shape index (κ1) is 17.9. The summed E-state index contributed by atoms with van der Waals surface area (Å²) in [6.45, 7) is 10.2. The van der Waals surface area contributed by atoms with Crippen molar-refractivity contribution < 1.29 is 5.11 Å². The number of likely N-dealkylation sites (tertiary alicyclic amines) is 1. The van der Waals surface area contributed by atoms with Crippen molar-refractivity contribution >= 4 is 0 Å². The highest BCUT2D eigenvalue weighted by Gasteiger charge is 2.25. The highest BCUT2D eigenvalue weighted by molar-refractivity contribution is 4.84. The Morgan fingerprint density at radius 3 is 2.45 bits per heavy atom. The molecule has 1 aliphatic heterocycles. The van der Waals surface area contributed by atoms with Crippen LogP contribution in [0.3, 0.4) is 0 Å². The third-order valence-electron chi connectivity index (χ3n) is 4.54. The first-order chi connectivity index (χ1) is 9.36. The van der Waals surface area contributed by atoms with Crippen molar-refractivity contribution in [3.63, 3.8) is 0 Å². The van der Waals surface area contributed by atoms with Crippen LogP contribution in [0.4, 0.5) is 0 Å². The molecule has 2 N–H and O–H groups in total. The molecule has 1 atom stereocenters. The van der Waals surface area contributed by atoms with Crippen molar-refractivity contribution in [3.05, 3.63) is 0 Å². The van der Waals surface area contributed by atoms with Crippen LogP contribution in [0.25, 0.3) is 0 Å². The van der Waals surface area contributed by atoms with Crippen LogP contribution < -0.4 is 5.32 Å². The van der Waals surface area contributed by atoms with Gasteiger partial charge in [0.05, 0.1) is 6.61 Å². The van der Waals surface area contributed by atoms with E-state index in [0.29, 0.717) is 6.04 Å². The fraction of sp³-hybridized carbons (Fsp3) is 1.00. The van der Waals surface area contributed by atoms with Crippen LogP contribution in [0, 0.1) is 0 Å². The summed E-state index contributed by atoms with van der Waals surface area (Å²) >= 11 is 0. The predicted molar refractivity (Wildman–Crippen MR) is 86.1 cm³/mol. The minimum absolute atomic E-state index is 0.137. The maximum Gasteiger partial charge on any atom is 0.0610 e. The Labute approximate surface area is 125 Å². The molecule has 120 valence electrons. The monoisotopic (exact) mass is 285 g/mol. The number of hydrogen-bond donors (Lipinski definition) is 2. The number of aliphatic hydroxyl groups is 1. The van der Waals surface area contributed by atoms with Gasteiger partial charge in [0.2, 0.25) is 0 Å². The second-order valence-electron chi connectivity index (χ2n) is 7.14. The maximum atomic E-state index is 9.60. The van der Waals surface area contributed by atoms with E-state index in [1.165, 1.54) is 25.9 Å². The minimum Gasteiger partial charge on any atom is -0.394 e. The van der Waals surface area contributed by atoms with Crippen LogP contribution in [-0.2, 0) is 0 Å². The first-order valence-corrected chi connectivity index (χ1v) is 8.13. The van der Waals surface area contributed by atoms with Gasteiger partial charge in [0.15, 0.2) is 0 Å². The Morgan fingerprint density at radius 2 is 1.95 bits per heavy atom. The molecule has 1 aliphatic rings. The van der Waals surface area contributed by atoms with Gasteiger partial charge < -0.3 is 20.2 Å². The average Bonchev–Trinajstić information content (AvgIpc) is 2.38. The summed E-state index contributed by atoms with van der Waals surface area (Å²) in [6.07, 6.45) is 4.74. The van der Waals surface area contributed by atoms with E-state index >= 15 is 0 Å². The number of hydrogen-bond acceptors (Lipinski definition) is 4. The van der Waals surface area contributed by atoms with E-state index in [1.54, 1.807) is 0 Å². The van der Waals surface area contributed by atoms with E-state index in [9.17, 15) is 5.11 Å². The molecule has 4 nitrogen and oxygen atoms in total. The zero-order chi connectivity index (χ0) is 15.2. The molecule has 0 bridgehead atoms. The number of nitrogens with zero attached hydrogens (tertiary/aromatic N) is 2. The van der Waals surface area contributed by atoms with E-state index in [-0.39, 0.29) is 12.1 Å². The molecule has 1 heterocycles. The Kier molecular flexibility index (Phi) is 7.45. The molecular formula is C16H35N3O. The number of nitrogens with one attached hydrogen (secondary N) is 1. The molecule has 4 heteroatoms. The zero-order valence-corrected chi connectivity index (χ0v) is 14.2. The fourth-order valence-electron chi connectivity index (χ4n) is 3.23. The van der Waals surface area contributed by atoms with E-state index in [0.717, 1.165) is 25.4 Å². The molecule has 1 unspecified atom stereocenters. The van der Waals surface area contributed by atoms with Gasteiger partial charge in [-0.3, -0.25) is 0 Å². The standard InChI is InChI=1S/C16H35N3O/c1-14(2)17-16(3,13-20)9-6-10-19(5)15-7-11-18(4)12-8-15/h14-15,17,20H,6-13H2,1-5H3. The lowest BCUT2D eigenvalue weighted by molar-refractivity contribution is 0.126. The van der Waals surface area contributed by atoms with Crippen molar-refractivity contribution in [2.75, 3.05) is 40.3 Å². The Bertz CT molecular complexity index is 264. The Balaban J connectivity index is 2.28. The minimum atomic E-state index is -0.137. The van der Waals surface area contributed by atoms with E-state index in [2.05, 4.69) is 50.0 Å². The molecule has 0 aromatic carbocycles. The van der Waals surface area contributed by atoms with Crippen LogP contribution in [0.5, 0.6) is 0 Å². The molecule has 0 aliphatic carbocycles. The van der Waals surface area contributed by atoms with E-state index in [1.807, 2.05) is 0 Å². The number of rotatable bonds is 8. The topological polar surface area (TPSA) is 38.7 Å². The third-order valence-corrected chi connectivity index (χ3v) is 4.54. The van der Waals surface area contributed by atoms with E-state index in [4.69, 9.17) is 0 Å².